The predicted molar refractivity (Wildman–Crippen MR) is 89.8 cm³/mol. The summed E-state index contributed by atoms with van der Waals surface area (Å²) in [5.74, 6) is -0.00673. The van der Waals surface area contributed by atoms with E-state index in [-0.39, 0.29) is 24.4 Å². The van der Waals surface area contributed by atoms with E-state index >= 15 is 0 Å². The Hall–Kier alpha value is -2.48. The molecule has 2 heterocycles. The number of amides is 1. The number of nitrogens with two attached hydrogens (primary N) is 1. The number of nitrogens with one attached hydrogen (secondary N) is 1. The highest BCUT2D eigenvalue weighted by Gasteiger charge is 2.22. The summed E-state index contributed by atoms with van der Waals surface area (Å²) in [5, 5.41) is 13.7. The van der Waals surface area contributed by atoms with Crippen LogP contribution in [0, 0.1) is 0 Å². The topological polar surface area (TPSA) is 102 Å². The molecule has 0 bridgehead atoms. The minimum atomic E-state index is -0.146. The van der Waals surface area contributed by atoms with E-state index in [4.69, 9.17) is 5.73 Å². The first kappa shape index (κ1) is 16.4. The van der Waals surface area contributed by atoms with Crippen molar-refractivity contribution in [1.82, 2.24) is 30.4 Å². The van der Waals surface area contributed by atoms with Crippen LogP contribution < -0.4 is 11.1 Å². The van der Waals surface area contributed by atoms with Gasteiger partial charge in [0.25, 0.3) is 0 Å². The lowest BCUT2D eigenvalue weighted by Gasteiger charge is -2.35. The molecule has 1 saturated heterocycles. The standard InChI is InChI=1S/C16H23N7O/c17-16-19-20-21-23(16)12-15(24)18-11-14(13-7-3-1-4-8-13)22-9-5-2-6-10-22/h1,3-4,7-8,14H,2,5-6,9-12H2,(H,18,24)(H2,17,19,21). The monoisotopic (exact) mass is 329 g/mol. The van der Waals surface area contributed by atoms with Gasteiger partial charge in [-0.25, -0.2) is 4.68 Å². The molecule has 2 aromatic rings. The van der Waals surface area contributed by atoms with E-state index in [1.54, 1.807) is 0 Å². The Kier molecular flexibility index (Phi) is 5.37. The molecule has 1 aliphatic rings. The Morgan fingerprint density at radius 3 is 2.62 bits per heavy atom. The first-order chi connectivity index (χ1) is 11.7. The minimum Gasteiger partial charge on any atom is -0.367 e. The lowest BCUT2D eigenvalue weighted by Crippen LogP contribution is -2.41. The number of nitrogens with zero attached hydrogens (tertiary/aromatic N) is 5. The molecule has 0 aliphatic carbocycles. The van der Waals surface area contributed by atoms with Crippen LogP contribution in [-0.4, -0.2) is 50.6 Å². The molecule has 1 atom stereocenters. The summed E-state index contributed by atoms with van der Waals surface area (Å²) in [6, 6.07) is 10.5. The first-order valence-corrected chi connectivity index (χ1v) is 8.31. The largest absolute Gasteiger partial charge is 0.367 e. The van der Waals surface area contributed by atoms with Crippen LogP contribution in [0.3, 0.4) is 0 Å². The van der Waals surface area contributed by atoms with Crippen LogP contribution in [0.5, 0.6) is 0 Å². The SMILES string of the molecule is Nc1nnnn1CC(=O)NCC(c1ccccc1)N1CCCCC1. The van der Waals surface area contributed by atoms with Crippen LogP contribution in [0.25, 0.3) is 0 Å². The Bertz CT molecular complexity index is 651. The van der Waals surface area contributed by atoms with Gasteiger partial charge in [-0.3, -0.25) is 9.69 Å². The second-order valence-corrected chi connectivity index (χ2v) is 6.02. The number of aromatic nitrogens is 4. The Balaban J connectivity index is 1.63. The van der Waals surface area contributed by atoms with Gasteiger partial charge in [0, 0.05) is 6.54 Å². The zero-order valence-corrected chi connectivity index (χ0v) is 13.6. The Morgan fingerprint density at radius 1 is 1.21 bits per heavy atom. The molecule has 128 valence electrons. The average Bonchev–Trinajstić information content (AvgIpc) is 3.02. The number of benzene rings is 1. The van der Waals surface area contributed by atoms with Gasteiger partial charge < -0.3 is 11.1 Å². The van der Waals surface area contributed by atoms with Crippen LogP contribution in [0.2, 0.25) is 0 Å². The molecule has 1 unspecified atom stereocenters. The highest BCUT2D eigenvalue weighted by atomic mass is 16.2. The second-order valence-electron chi connectivity index (χ2n) is 6.02. The molecule has 3 N–H and O–H groups in total. The molecule has 1 amide bonds. The molecule has 1 fully saturated rings. The van der Waals surface area contributed by atoms with Crippen LogP contribution in [0.15, 0.2) is 30.3 Å². The van der Waals surface area contributed by atoms with Crippen molar-refractivity contribution in [3.63, 3.8) is 0 Å². The summed E-state index contributed by atoms with van der Waals surface area (Å²) in [5.41, 5.74) is 6.82. The van der Waals surface area contributed by atoms with Crippen LogP contribution in [0.1, 0.15) is 30.9 Å². The molecular formula is C16H23N7O. The number of carbonyl (C=O) groups excluding carboxylic acids is 1. The number of likely N-dealkylation sites (tertiary alicyclic amines) is 1. The third-order valence-electron chi connectivity index (χ3n) is 4.36. The van der Waals surface area contributed by atoms with Gasteiger partial charge in [0.2, 0.25) is 11.9 Å². The van der Waals surface area contributed by atoms with E-state index in [1.807, 2.05) is 18.2 Å². The van der Waals surface area contributed by atoms with Crippen molar-refractivity contribution >= 4 is 11.9 Å². The number of hydrogen-bond donors (Lipinski definition) is 2. The molecule has 3 rings (SSSR count). The molecule has 0 spiro atoms. The van der Waals surface area contributed by atoms with E-state index in [1.165, 1.54) is 29.5 Å². The summed E-state index contributed by atoms with van der Waals surface area (Å²) in [4.78, 5) is 14.6. The highest BCUT2D eigenvalue weighted by molar-refractivity contribution is 5.75. The molecule has 0 radical (unpaired) electrons. The number of nitrogen functional groups attached to an aromatic ring is 1. The van der Waals surface area contributed by atoms with Gasteiger partial charge in [-0.1, -0.05) is 41.9 Å². The van der Waals surface area contributed by atoms with Gasteiger partial charge >= 0.3 is 0 Å². The lowest BCUT2D eigenvalue weighted by molar-refractivity contribution is -0.122. The van der Waals surface area contributed by atoms with Gasteiger partial charge in [0.15, 0.2) is 0 Å². The van der Waals surface area contributed by atoms with Crippen molar-refractivity contribution in [3.05, 3.63) is 35.9 Å². The average molecular weight is 329 g/mol. The predicted octanol–water partition coefficient (Wildman–Crippen LogP) is 0.599. The van der Waals surface area contributed by atoms with E-state index < -0.39 is 0 Å². The summed E-state index contributed by atoms with van der Waals surface area (Å²) < 4.78 is 1.29. The number of tetrazole rings is 1. The Morgan fingerprint density at radius 2 is 1.96 bits per heavy atom. The lowest BCUT2D eigenvalue weighted by atomic mass is 10.0. The molecule has 1 aliphatic heterocycles. The van der Waals surface area contributed by atoms with Gasteiger partial charge in [-0.15, -0.1) is 0 Å². The van der Waals surface area contributed by atoms with Gasteiger partial charge in [0.1, 0.15) is 6.54 Å². The second kappa shape index (κ2) is 7.87. The Labute approximate surface area is 141 Å². The molecule has 24 heavy (non-hydrogen) atoms. The third kappa shape index (κ3) is 4.08. The molecule has 0 saturated carbocycles. The van der Waals surface area contributed by atoms with Gasteiger partial charge in [0.05, 0.1) is 6.04 Å². The summed E-state index contributed by atoms with van der Waals surface area (Å²) in [6.07, 6.45) is 3.69. The smallest absolute Gasteiger partial charge is 0.242 e. The molecule has 1 aromatic carbocycles. The zero-order valence-electron chi connectivity index (χ0n) is 13.6. The third-order valence-corrected chi connectivity index (χ3v) is 4.36. The number of carbonyl (C=O) groups is 1. The fourth-order valence-corrected chi connectivity index (χ4v) is 3.09. The number of rotatable bonds is 6. The van der Waals surface area contributed by atoms with Crippen molar-refractivity contribution in [1.29, 1.82) is 0 Å². The van der Waals surface area contributed by atoms with Crippen molar-refractivity contribution in [2.24, 2.45) is 0 Å². The summed E-state index contributed by atoms with van der Waals surface area (Å²) >= 11 is 0. The van der Waals surface area contributed by atoms with Crippen LogP contribution >= 0.6 is 0 Å². The van der Waals surface area contributed by atoms with E-state index in [0.29, 0.717) is 6.54 Å². The number of anilines is 1. The molecule has 1 aromatic heterocycles. The highest BCUT2D eigenvalue weighted by Crippen LogP contribution is 2.23. The maximum atomic E-state index is 12.2. The van der Waals surface area contributed by atoms with E-state index in [9.17, 15) is 4.79 Å². The summed E-state index contributed by atoms with van der Waals surface area (Å²) in [6.45, 7) is 2.72. The normalized spacial score (nSPS) is 16.7. The quantitative estimate of drug-likeness (QED) is 0.804. The van der Waals surface area contributed by atoms with Crippen molar-refractivity contribution in [3.8, 4) is 0 Å². The van der Waals surface area contributed by atoms with Crippen LogP contribution in [-0.2, 0) is 11.3 Å². The molecule has 8 heteroatoms. The first-order valence-electron chi connectivity index (χ1n) is 8.31. The maximum absolute atomic E-state index is 12.2. The van der Waals surface area contributed by atoms with E-state index in [0.717, 1.165) is 13.1 Å². The van der Waals surface area contributed by atoms with Crippen LogP contribution in [0.4, 0.5) is 5.95 Å². The minimum absolute atomic E-state index is 0.0281. The van der Waals surface area contributed by atoms with Crippen molar-refractivity contribution in [2.75, 3.05) is 25.4 Å². The van der Waals surface area contributed by atoms with Crippen molar-refractivity contribution < 1.29 is 4.79 Å². The molecule has 8 nitrogen and oxygen atoms in total. The van der Waals surface area contributed by atoms with Gasteiger partial charge in [-0.05, 0) is 41.9 Å². The molecular weight excluding hydrogens is 306 g/mol. The maximum Gasteiger partial charge on any atom is 0.242 e. The van der Waals surface area contributed by atoms with E-state index in [2.05, 4.69) is 37.9 Å². The number of hydrogen-bond acceptors (Lipinski definition) is 6. The van der Waals surface area contributed by atoms with Gasteiger partial charge in [-0.2, -0.15) is 0 Å². The fourth-order valence-electron chi connectivity index (χ4n) is 3.09. The zero-order chi connectivity index (χ0) is 16.8. The fraction of sp³-hybridized carbons (Fsp3) is 0.500. The summed E-state index contributed by atoms with van der Waals surface area (Å²) in [7, 11) is 0. The van der Waals surface area contributed by atoms with Crippen molar-refractivity contribution in [2.45, 2.75) is 31.8 Å². The number of piperidine rings is 1.